The lowest BCUT2D eigenvalue weighted by Crippen LogP contribution is -2.23. The molecule has 0 atom stereocenters. The number of nitrogens with zero attached hydrogens (tertiary/aromatic N) is 4. The summed E-state index contributed by atoms with van der Waals surface area (Å²) in [5, 5.41) is 8.08. The van der Waals surface area contributed by atoms with Gasteiger partial charge in [0.1, 0.15) is 5.82 Å². The molecular formula is C27H22FN5O2S. The van der Waals surface area contributed by atoms with Crippen molar-refractivity contribution in [1.82, 2.24) is 19.3 Å². The van der Waals surface area contributed by atoms with Gasteiger partial charge >= 0.3 is 0 Å². The normalized spacial score (nSPS) is 11.1. The first kappa shape index (κ1) is 23.5. The molecule has 3 aromatic carbocycles. The Morgan fingerprint density at radius 1 is 0.972 bits per heavy atom. The molecule has 5 rings (SSSR count). The Hall–Kier alpha value is -4.24. The number of para-hydroxylation sites is 3. The van der Waals surface area contributed by atoms with Crippen LogP contribution in [0.5, 0.6) is 0 Å². The summed E-state index contributed by atoms with van der Waals surface area (Å²) in [5.74, 6) is -0.877. The van der Waals surface area contributed by atoms with Gasteiger partial charge in [-0.1, -0.05) is 54.2 Å². The number of hydrogen-bond acceptors (Lipinski definition) is 5. The van der Waals surface area contributed by atoms with E-state index < -0.39 is 11.4 Å². The highest BCUT2D eigenvalue weighted by Crippen LogP contribution is 2.25. The smallest absolute Gasteiger partial charge is 0.266 e. The first-order valence-corrected chi connectivity index (χ1v) is 12.2. The van der Waals surface area contributed by atoms with Crippen LogP contribution in [0.15, 0.2) is 88.8 Å². The van der Waals surface area contributed by atoms with E-state index in [0.29, 0.717) is 22.3 Å². The van der Waals surface area contributed by atoms with Crippen LogP contribution in [0.3, 0.4) is 0 Å². The molecule has 0 unspecified atom stereocenters. The molecule has 0 aliphatic rings. The molecule has 2 heterocycles. The average molecular weight is 500 g/mol. The number of nitrogens with one attached hydrogen (secondary N) is 1. The molecule has 36 heavy (non-hydrogen) atoms. The molecule has 0 spiro atoms. The number of thioether (sulfide) groups is 1. The van der Waals surface area contributed by atoms with Crippen molar-refractivity contribution in [2.75, 3.05) is 11.1 Å². The van der Waals surface area contributed by atoms with Crippen LogP contribution in [0.4, 0.5) is 10.1 Å². The van der Waals surface area contributed by atoms with E-state index in [2.05, 4.69) is 15.4 Å². The number of aryl methyl sites for hydroxylation is 1. The third-order valence-electron chi connectivity index (χ3n) is 5.73. The predicted octanol–water partition coefficient (Wildman–Crippen LogP) is 5.06. The minimum absolute atomic E-state index is 0.0331. The minimum Gasteiger partial charge on any atom is -0.322 e. The highest BCUT2D eigenvalue weighted by molar-refractivity contribution is 7.99. The van der Waals surface area contributed by atoms with Gasteiger partial charge in [0.2, 0.25) is 5.91 Å². The van der Waals surface area contributed by atoms with E-state index >= 15 is 0 Å². The Morgan fingerprint density at radius 2 is 1.67 bits per heavy atom. The molecule has 0 aliphatic carbocycles. The van der Waals surface area contributed by atoms with Gasteiger partial charge < -0.3 is 5.32 Å². The number of rotatable bonds is 6. The number of carbonyl (C=O) groups is 1. The number of amides is 1. The lowest BCUT2D eigenvalue weighted by Gasteiger charge is -2.14. The Kier molecular flexibility index (Phi) is 6.39. The van der Waals surface area contributed by atoms with Crippen LogP contribution in [0.1, 0.15) is 11.4 Å². The second-order valence-corrected chi connectivity index (χ2v) is 9.08. The van der Waals surface area contributed by atoms with Gasteiger partial charge in [0.15, 0.2) is 5.16 Å². The lowest BCUT2D eigenvalue weighted by atomic mass is 10.2. The zero-order chi connectivity index (χ0) is 25.2. The Labute approximate surface area is 210 Å². The fourth-order valence-corrected chi connectivity index (χ4v) is 4.81. The Morgan fingerprint density at radius 3 is 2.44 bits per heavy atom. The van der Waals surface area contributed by atoms with Gasteiger partial charge in [0.05, 0.1) is 45.1 Å². The molecule has 2 aromatic heterocycles. The van der Waals surface area contributed by atoms with E-state index in [9.17, 15) is 14.0 Å². The Bertz CT molecular complexity index is 1650. The van der Waals surface area contributed by atoms with Gasteiger partial charge in [-0.2, -0.15) is 5.10 Å². The number of benzene rings is 3. The fourth-order valence-electron chi connectivity index (χ4n) is 4.00. The number of fused-ring (bicyclic) bond motifs is 1. The van der Waals surface area contributed by atoms with Gasteiger partial charge in [0, 0.05) is 0 Å². The summed E-state index contributed by atoms with van der Waals surface area (Å²) in [7, 11) is 0. The number of anilines is 1. The summed E-state index contributed by atoms with van der Waals surface area (Å²) < 4.78 is 17.7. The van der Waals surface area contributed by atoms with Crippen molar-refractivity contribution in [2.24, 2.45) is 0 Å². The van der Waals surface area contributed by atoms with Crippen molar-refractivity contribution in [2.45, 2.75) is 19.0 Å². The summed E-state index contributed by atoms with van der Waals surface area (Å²) in [5.41, 5.74) is 3.16. The zero-order valence-electron chi connectivity index (χ0n) is 19.6. The summed E-state index contributed by atoms with van der Waals surface area (Å²) in [6.07, 6.45) is 0. The van der Waals surface area contributed by atoms with Crippen LogP contribution in [0, 0.1) is 19.7 Å². The highest BCUT2D eigenvalue weighted by Gasteiger charge is 2.19. The van der Waals surface area contributed by atoms with Crippen molar-refractivity contribution in [3.63, 3.8) is 0 Å². The summed E-state index contributed by atoms with van der Waals surface area (Å²) in [6, 6.07) is 22.5. The number of aromatic nitrogens is 4. The number of halogens is 1. The molecule has 1 N–H and O–H groups in total. The van der Waals surface area contributed by atoms with Gasteiger partial charge in [-0.05, 0) is 50.2 Å². The quantitative estimate of drug-likeness (QED) is 0.261. The maximum atomic E-state index is 14.7. The molecule has 0 saturated carbocycles. The van der Waals surface area contributed by atoms with E-state index in [1.807, 2.05) is 44.2 Å². The molecule has 0 fully saturated rings. The number of hydrogen-bond donors (Lipinski definition) is 1. The topological polar surface area (TPSA) is 81.8 Å². The summed E-state index contributed by atoms with van der Waals surface area (Å²) in [6.45, 7) is 3.71. The first-order chi connectivity index (χ1) is 17.4. The van der Waals surface area contributed by atoms with Crippen LogP contribution >= 0.6 is 11.8 Å². The number of carbonyl (C=O) groups excluding carboxylic acids is 1. The lowest BCUT2D eigenvalue weighted by molar-refractivity contribution is -0.113. The fraction of sp³-hybridized carbons (Fsp3) is 0.111. The van der Waals surface area contributed by atoms with Crippen molar-refractivity contribution in [3.8, 4) is 11.4 Å². The van der Waals surface area contributed by atoms with E-state index in [1.54, 1.807) is 41.1 Å². The molecule has 0 radical (unpaired) electrons. The molecular weight excluding hydrogens is 477 g/mol. The zero-order valence-corrected chi connectivity index (χ0v) is 20.4. The maximum Gasteiger partial charge on any atom is 0.266 e. The predicted molar refractivity (Wildman–Crippen MR) is 140 cm³/mol. The van der Waals surface area contributed by atoms with Crippen LogP contribution in [0.25, 0.3) is 22.3 Å². The van der Waals surface area contributed by atoms with Crippen molar-refractivity contribution < 1.29 is 9.18 Å². The van der Waals surface area contributed by atoms with Crippen LogP contribution in [-0.4, -0.2) is 31.0 Å². The third-order valence-corrected chi connectivity index (χ3v) is 6.67. The van der Waals surface area contributed by atoms with Crippen molar-refractivity contribution in [1.29, 1.82) is 0 Å². The monoisotopic (exact) mass is 499 g/mol. The van der Waals surface area contributed by atoms with E-state index in [4.69, 9.17) is 0 Å². The molecule has 9 heteroatoms. The SMILES string of the molecule is Cc1nn(-c2ccccc2)c(C)c1NC(=O)CSc1nc2ccccc2c(=O)n1-c1ccccc1F. The van der Waals surface area contributed by atoms with Crippen LogP contribution < -0.4 is 10.9 Å². The molecule has 0 bridgehead atoms. The molecule has 0 saturated heterocycles. The molecule has 7 nitrogen and oxygen atoms in total. The van der Waals surface area contributed by atoms with Gasteiger partial charge in [-0.15, -0.1) is 0 Å². The van der Waals surface area contributed by atoms with E-state index in [1.165, 1.54) is 16.7 Å². The van der Waals surface area contributed by atoms with Crippen LogP contribution in [-0.2, 0) is 4.79 Å². The summed E-state index contributed by atoms with van der Waals surface area (Å²) in [4.78, 5) is 30.8. The summed E-state index contributed by atoms with van der Waals surface area (Å²) >= 11 is 1.07. The molecule has 1 amide bonds. The molecule has 5 aromatic rings. The van der Waals surface area contributed by atoms with Gasteiger partial charge in [0.25, 0.3) is 5.56 Å². The molecule has 0 aliphatic heterocycles. The van der Waals surface area contributed by atoms with E-state index in [0.717, 1.165) is 23.1 Å². The van der Waals surface area contributed by atoms with Crippen molar-refractivity contribution in [3.05, 3.63) is 106 Å². The van der Waals surface area contributed by atoms with Gasteiger partial charge in [-0.25, -0.2) is 14.1 Å². The van der Waals surface area contributed by atoms with Crippen LogP contribution in [0.2, 0.25) is 0 Å². The molecule has 180 valence electrons. The first-order valence-electron chi connectivity index (χ1n) is 11.2. The maximum absolute atomic E-state index is 14.7. The second kappa shape index (κ2) is 9.79. The highest BCUT2D eigenvalue weighted by atomic mass is 32.2. The van der Waals surface area contributed by atoms with Crippen molar-refractivity contribution >= 4 is 34.3 Å². The van der Waals surface area contributed by atoms with Gasteiger partial charge in [-0.3, -0.25) is 14.2 Å². The standard InChI is InChI=1S/C27H22FN5O2S/c1-17-25(18(2)33(31-17)19-10-4-3-5-11-19)30-24(34)16-36-27-29-22-14-8-6-12-20(22)26(35)32(27)23-15-9-7-13-21(23)28/h3-15H,16H2,1-2H3,(H,30,34). The Balaban J connectivity index is 1.44. The average Bonchev–Trinajstić information content (AvgIpc) is 3.17. The third kappa shape index (κ3) is 4.40. The van der Waals surface area contributed by atoms with E-state index in [-0.39, 0.29) is 22.5 Å². The second-order valence-electron chi connectivity index (χ2n) is 8.13. The minimum atomic E-state index is -0.553. The largest absolute Gasteiger partial charge is 0.322 e.